The van der Waals surface area contributed by atoms with Gasteiger partial charge in [-0.15, -0.1) is 0 Å². The maximum atomic E-state index is 11.4. The lowest BCUT2D eigenvalue weighted by Gasteiger charge is -2.35. The van der Waals surface area contributed by atoms with Crippen LogP contribution < -0.4 is 5.32 Å². The SMILES string of the molecule is CSC1(CNC(=O)CC(C)=O)CCCCC1. The van der Waals surface area contributed by atoms with E-state index in [4.69, 9.17) is 0 Å². The number of rotatable bonds is 5. The molecule has 3 nitrogen and oxygen atoms in total. The van der Waals surface area contributed by atoms with Gasteiger partial charge in [0.2, 0.25) is 5.91 Å². The molecule has 1 amide bonds. The predicted molar refractivity (Wildman–Crippen MR) is 67.6 cm³/mol. The molecule has 0 heterocycles. The molecule has 4 heteroatoms. The molecule has 0 unspecified atom stereocenters. The molecule has 0 radical (unpaired) electrons. The van der Waals surface area contributed by atoms with E-state index in [9.17, 15) is 9.59 Å². The zero-order valence-corrected chi connectivity index (χ0v) is 11.0. The zero-order valence-electron chi connectivity index (χ0n) is 10.2. The molecule has 92 valence electrons. The molecule has 1 fully saturated rings. The number of carbonyl (C=O) groups excluding carboxylic acids is 2. The van der Waals surface area contributed by atoms with E-state index in [-0.39, 0.29) is 22.9 Å². The highest BCUT2D eigenvalue weighted by Gasteiger charge is 2.31. The van der Waals surface area contributed by atoms with Gasteiger partial charge in [0.05, 0.1) is 6.42 Å². The Hall–Kier alpha value is -0.510. The fraction of sp³-hybridized carbons (Fsp3) is 0.833. The van der Waals surface area contributed by atoms with Crippen LogP contribution in [0, 0.1) is 0 Å². The molecule has 0 spiro atoms. The molecule has 0 aromatic heterocycles. The number of amides is 1. The Morgan fingerprint density at radius 3 is 2.38 bits per heavy atom. The first-order valence-corrected chi connectivity index (χ1v) is 7.12. The summed E-state index contributed by atoms with van der Waals surface area (Å²) in [6.45, 7) is 2.16. The first-order chi connectivity index (χ1) is 7.58. The van der Waals surface area contributed by atoms with Gasteiger partial charge in [0, 0.05) is 11.3 Å². The first kappa shape index (κ1) is 13.6. The molecule has 0 atom stereocenters. The third-order valence-corrected chi connectivity index (χ3v) is 4.63. The third kappa shape index (κ3) is 4.16. The van der Waals surface area contributed by atoms with Crippen molar-refractivity contribution in [2.75, 3.05) is 12.8 Å². The molecule has 1 aliphatic carbocycles. The lowest BCUT2D eigenvalue weighted by Crippen LogP contribution is -2.42. The van der Waals surface area contributed by atoms with Gasteiger partial charge in [0.1, 0.15) is 5.78 Å². The molecule has 1 rings (SSSR count). The molecular formula is C12H21NO2S. The van der Waals surface area contributed by atoms with Crippen LogP contribution in [-0.4, -0.2) is 29.2 Å². The van der Waals surface area contributed by atoms with Crippen molar-refractivity contribution < 1.29 is 9.59 Å². The van der Waals surface area contributed by atoms with Gasteiger partial charge in [-0.1, -0.05) is 19.3 Å². The average molecular weight is 243 g/mol. The molecule has 0 saturated heterocycles. The number of thioether (sulfide) groups is 1. The molecule has 1 N–H and O–H groups in total. The van der Waals surface area contributed by atoms with Gasteiger partial charge in [-0.2, -0.15) is 11.8 Å². The molecule has 0 bridgehead atoms. The molecule has 1 aliphatic rings. The minimum atomic E-state index is -0.133. The molecule has 1 saturated carbocycles. The fourth-order valence-corrected chi connectivity index (χ4v) is 3.11. The van der Waals surface area contributed by atoms with Crippen molar-refractivity contribution in [3.8, 4) is 0 Å². The van der Waals surface area contributed by atoms with Crippen LogP contribution in [0.15, 0.2) is 0 Å². The number of nitrogens with one attached hydrogen (secondary N) is 1. The minimum Gasteiger partial charge on any atom is -0.354 e. The summed E-state index contributed by atoms with van der Waals surface area (Å²) < 4.78 is 0.213. The van der Waals surface area contributed by atoms with Gasteiger partial charge >= 0.3 is 0 Å². The predicted octanol–water partition coefficient (Wildman–Crippen LogP) is 2.15. The highest BCUT2D eigenvalue weighted by molar-refractivity contribution is 8.00. The highest BCUT2D eigenvalue weighted by atomic mass is 32.2. The monoisotopic (exact) mass is 243 g/mol. The van der Waals surface area contributed by atoms with Crippen molar-refractivity contribution >= 4 is 23.5 Å². The van der Waals surface area contributed by atoms with Crippen LogP contribution in [0.1, 0.15) is 45.4 Å². The van der Waals surface area contributed by atoms with Gasteiger partial charge in [-0.3, -0.25) is 9.59 Å². The Labute approximate surface area is 102 Å². The van der Waals surface area contributed by atoms with Crippen molar-refractivity contribution in [1.29, 1.82) is 0 Å². The van der Waals surface area contributed by atoms with E-state index in [1.54, 1.807) is 0 Å². The average Bonchev–Trinajstić information content (AvgIpc) is 2.27. The van der Waals surface area contributed by atoms with Crippen LogP contribution in [0.5, 0.6) is 0 Å². The molecule has 0 aliphatic heterocycles. The third-order valence-electron chi connectivity index (χ3n) is 3.22. The molecule has 16 heavy (non-hydrogen) atoms. The Bertz CT molecular complexity index is 260. The van der Waals surface area contributed by atoms with Crippen LogP contribution in [0.3, 0.4) is 0 Å². The highest BCUT2D eigenvalue weighted by Crippen LogP contribution is 2.37. The zero-order chi connectivity index (χ0) is 12.0. The summed E-state index contributed by atoms with van der Waals surface area (Å²) >= 11 is 1.85. The van der Waals surface area contributed by atoms with Crippen molar-refractivity contribution in [3.63, 3.8) is 0 Å². The van der Waals surface area contributed by atoms with Crippen LogP contribution in [0.2, 0.25) is 0 Å². The number of hydrogen-bond donors (Lipinski definition) is 1. The standard InChI is InChI=1S/C12H21NO2S/c1-10(14)8-11(15)13-9-12(16-2)6-4-3-5-7-12/h3-9H2,1-2H3,(H,13,15). The summed E-state index contributed by atoms with van der Waals surface area (Å²) in [6.07, 6.45) is 8.30. The van der Waals surface area contributed by atoms with Crippen LogP contribution in [0.25, 0.3) is 0 Å². The lowest BCUT2D eigenvalue weighted by molar-refractivity contribution is -0.127. The van der Waals surface area contributed by atoms with Crippen LogP contribution in [0.4, 0.5) is 0 Å². The van der Waals surface area contributed by atoms with Gasteiger partial charge in [0.25, 0.3) is 0 Å². The van der Waals surface area contributed by atoms with E-state index in [0.29, 0.717) is 6.54 Å². The van der Waals surface area contributed by atoms with E-state index in [2.05, 4.69) is 11.6 Å². The van der Waals surface area contributed by atoms with Gasteiger partial charge in [0.15, 0.2) is 0 Å². The number of carbonyl (C=O) groups is 2. The number of hydrogen-bond acceptors (Lipinski definition) is 3. The Morgan fingerprint density at radius 1 is 1.25 bits per heavy atom. The maximum absolute atomic E-state index is 11.4. The number of ketones is 1. The summed E-state index contributed by atoms with van der Waals surface area (Å²) in [5.74, 6) is -0.203. The summed E-state index contributed by atoms with van der Waals surface area (Å²) in [4.78, 5) is 22.2. The van der Waals surface area contributed by atoms with E-state index < -0.39 is 0 Å². The summed E-state index contributed by atoms with van der Waals surface area (Å²) in [5.41, 5.74) is 0. The summed E-state index contributed by atoms with van der Waals surface area (Å²) in [6, 6.07) is 0. The second-order valence-corrected chi connectivity index (χ2v) is 5.88. The summed E-state index contributed by atoms with van der Waals surface area (Å²) in [7, 11) is 0. The van der Waals surface area contributed by atoms with Gasteiger partial charge in [-0.25, -0.2) is 0 Å². The molecule has 0 aromatic rings. The Balaban J connectivity index is 2.38. The first-order valence-electron chi connectivity index (χ1n) is 5.89. The topological polar surface area (TPSA) is 46.2 Å². The summed E-state index contributed by atoms with van der Waals surface area (Å²) in [5, 5.41) is 2.89. The second kappa shape index (κ2) is 6.28. The number of Topliss-reactive ketones (excluding diaryl/α,β-unsaturated/α-hetero) is 1. The van der Waals surface area contributed by atoms with E-state index in [1.807, 2.05) is 11.8 Å². The largest absolute Gasteiger partial charge is 0.354 e. The van der Waals surface area contributed by atoms with E-state index >= 15 is 0 Å². The lowest BCUT2D eigenvalue weighted by atomic mass is 9.88. The Kier molecular flexibility index (Phi) is 5.32. The van der Waals surface area contributed by atoms with Gasteiger partial charge < -0.3 is 5.32 Å². The van der Waals surface area contributed by atoms with Crippen molar-refractivity contribution in [2.45, 2.75) is 50.2 Å². The van der Waals surface area contributed by atoms with Crippen molar-refractivity contribution in [1.82, 2.24) is 5.32 Å². The van der Waals surface area contributed by atoms with Crippen LogP contribution in [-0.2, 0) is 9.59 Å². The Morgan fingerprint density at radius 2 is 1.88 bits per heavy atom. The fourth-order valence-electron chi connectivity index (χ4n) is 2.20. The van der Waals surface area contributed by atoms with Crippen molar-refractivity contribution in [2.24, 2.45) is 0 Å². The van der Waals surface area contributed by atoms with Crippen molar-refractivity contribution in [3.05, 3.63) is 0 Å². The van der Waals surface area contributed by atoms with E-state index in [0.717, 1.165) is 0 Å². The second-order valence-electron chi connectivity index (χ2n) is 4.60. The quantitative estimate of drug-likeness (QED) is 0.753. The van der Waals surface area contributed by atoms with E-state index in [1.165, 1.54) is 39.0 Å². The van der Waals surface area contributed by atoms with Crippen LogP contribution >= 0.6 is 11.8 Å². The molecule has 0 aromatic carbocycles. The normalized spacial score (nSPS) is 19.1. The maximum Gasteiger partial charge on any atom is 0.227 e. The smallest absolute Gasteiger partial charge is 0.227 e. The molecular weight excluding hydrogens is 222 g/mol. The minimum absolute atomic E-state index is 0.0183. The van der Waals surface area contributed by atoms with Gasteiger partial charge in [-0.05, 0) is 26.0 Å².